The van der Waals surface area contributed by atoms with Gasteiger partial charge in [0.05, 0.1) is 0 Å². The summed E-state index contributed by atoms with van der Waals surface area (Å²) in [5.74, 6) is 1.38. The molecule has 1 N–H and O–H groups in total. The van der Waals surface area contributed by atoms with E-state index < -0.39 is 0 Å². The Morgan fingerprint density at radius 3 is 2.85 bits per heavy atom. The first-order valence-electron chi connectivity index (χ1n) is 7.39. The van der Waals surface area contributed by atoms with Crippen LogP contribution in [0.2, 0.25) is 0 Å². The maximum Gasteiger partial charge on any atom is 0.223 e. The van der Waals surface area contributed by atoms with Gasteiger partial charge in [-0.15, -0.1) is 0 Å². The van der Waals surface area contributed by atoms with Crippen LogP contribution >= 0.6 is 0 Å². The number of nitrogens with one attached hydrogen (secondary N) is 1. The molecule has 108 valence electrons. The van der Waals surface area contributed by atoms with E-state index in [0.29, 0.717) is 0 Å². The van der Waals surface area contributed by atoms with Crippen molar-refractivity contribution in [1.29, 1.82) is 0 Å². The predicted octanol–water partition coefficient (Wildman–Crippen LogP) is 0.512. The number of carbonyl (C=O) groups excluding carboxylic acids is 1. The maximum atomic E-state index is 11.8. The number of carbonyl (C=O) groups is 1. The lowest BCUT2D eigenvalue weighted by molar-refractivity contribution is -0.122. The molecule has 2 aliphatic heterocycles. The first-order chi connectivity index (χ1) is 9.74. The van der Waals surface area contributed by atoms with Gasteiger partial charge in [0.1, 0.15) is 5.82 Å². The summed E-state index contributed by atoms with van der Waals surface area (Å²) in [7, 11) is 2.15. The van der Waals surface area contributed by atoms with E-state index in [2.05, 4.69) is 33.2 Å². The zero-order valence-electron chi connectivity index (χ0n) is 12.0. The molecule has 20 heavy (non-hydrogen) atoms. The Balaban J connectivity index is 1.76. The summed E-state index contributed by atoms with van der Waals surface area (Å²) in [4.78, 5) is 21.0. The van der Waals surface area contributed by atoms with Crippen LogP contribution in [0, 0.1) is 5.92 Å². The van der Waals surface area contributed by atoms with Gasteiger partial charge in [-0.2, -0.15) is 0 Å². The van der Waals surface area contributed by atoms with E-state index in [-0.39, 0.29) is 11.8 Å². The van der Waals surface area contributed by atoms with Gasteiger partial charge in [0, 0.05) is 44.8 Å². The van der Waals surface area contributed by atoms with Crippen LogP contribution in [-0.4, -0.2) is 55.6 Å². The van der Waals surface area contributed by atoms with Crippen LogP contribution in [0.25, 0.3) is 0 Å². The van der Waals surface area contributed by atoms with Gasteiger partial charge in [-0.3, -0.25) is 4.79 Å². The Morgan fingerprint density at radius 1 is 1.35 bits per heavy atom. The number of pyridine rings is 1. The molecule has 2 fully saturated rings. The summed E-state index contributed by atoms with van der Waals surface area (Å²) in [6.45, 7) is 4.97. The van der Waals surface area contributed by atoms with E-state index in [1.165, 1.54) is 5.56 Å². The van der Waals surface area contributed by atoms with Crippen LogP contribution in [0.15, 0.2) is 18.3 Å². The number of anilines is 1. The molecule has 1 aromatic heterocycles. The monoisotopic (exact) mass is 274 g/mol. The van der Waals surface area contributed by atoms with Crippen LogP contribution in [0.3, 0.4) is 0 Å². The molecule has 5 heteroatoms. The normalized spacial score (nSPS) is 23.9. The molecule has 0 spiro atoms. The predicted molar refractivity (Wildman–Crippen MR) is 78.8 cm³/mol. The topological polar surface area (TPSA) is 48.5 Å². The molecule has 3 rings (SSSR count). The number of likely N-dealkylation sites (N-methyl/N-ethyl adjacent to an activating group) is 1. The van der Waals surface area contributed by atoms with Crippen LogP contribution in [0.1, 0.15) is 12.0 Å². The Labute approximate surface area is 120 Å². The van der Waals surface area contributed by atoms with Gasteiger partial charge in [-0.25, -0.2) is 4.98 Å². The standard InChI is InChI=1S/C15H22N4O/c1-18-7-9-19(10-8-18)14-12(3-2-5-16-14)11-13-4-6-17-15(13)20/h2-3,5,13H,4,6-11H2,1H3,(H,17,20). The fourth-order valence-electron chi connectivity index (χ4n) is 3.00. The van der Waals surface area contributed by atoms with Crippen molar-refractivity contribution in [3.05, 3.63) is 23.9 Å². The zero-order chi connectivity index (χ0) is 13.9. The van der Waals surface area contributed by atoms with Crippen molar-refractivity contribution in [2.24, 2.45) is 5.92 Å². The van der Waals surface area contributed by atoms with Crippen LogP contribution in [0.5, 0.6) is 0 Å². The molecule has 2 saturated heterocycles. The van der Waals surface area contributed by atoms with Crippen molar-refractivity contribution in [2.45, 2.75) is 12.8 Å². The number of aromatic nitrogens is 1. The molecule has 0 saturated carbocycles. The SMILES string of the molecule is CN1CCN(c2ncccc2CC2CCNC2=O)CC1. The quantitative estimate of drug-likeness (QED) is 0.872. The summed E-state index contributed by atoms with van der Waals surface area (Å²) >= 11 is 0. The van der Waals surface area contributed by atoms with Crippen molar-refractivity contribution >= 4 is 11.7 Å². The van der Waals surface area contributed by atoms with Crippen LogP contribution in [-0.2, 0) is 11.2 Å². The van der Waals surface area contributed by atoms with E-state index in [0.717, 1.165) is 51.4 Å². The lowest BCUT2D eigenvalue weighted by atomic mass is 9.98. The molecule has 2 aliphatic rings. The van der Waals surface area contributed by atoms with E-state index in [1.807, 2.05) is 12.3 Å². The zero-order valence-corrected chi connectivity index (χ0v) is 12.0. The largest absolute Gasteiger partial charge is 0.356 e. The summed E-state index contributed by atoms with van der Waals surface area (Å²) in [5.41, 5.74) is 1.21. The number of hydrogen-bond donors (Lipinski definition) is 1. The van der Waals surface area contributed by atoms with E-state index in [1.54, 1.807) is 0 Å². The second-order valence-electron chi connectivity index (χ2n) is 5.76. The Hall–Kier alpha value is -1.62. The van der Waals surface area contributed by atoms with Gasteiger partial charge in [0.25, 0.3) is 0 Å². The second-order valence-corrected chi connectivity index (χ2v) is 5.76. The lowest BCUT2D eigenvalue weighted by Gasteiger charge is -2.34. The first kappa shape index (κ1) is 13.4. The van der Waals surface area contributed by atoms with E-state index >= 15 is 0 Å². The first-order valence-corrected chi connectivity index (χ1v) is 7.39. The van der Waals surface area contributed by atoms with Crippen molar-refractivity contribution < 1.29 is 4.79 Å². The average molecular weight is 274 g/mol. The van der Waals surface area contributed by atoms with Gasteiger partial charge >= 0.3 is 0 Å². The molecular formula is C15H22N4O. The Bertz CT molecular complexity index is 483. The maximum absolute atomic E-state index is 11.8. The molecule has 0 radical (unpaired) electrons. The van der Waals surface area contributed by atoms with Crippen molar-refractivity contribution in [2.75, 3.05) is 44.7 Å². The fraction of sp³-hybridized carbons (Fsp3) is 0.600. The minimum absolute atomic E-state index is 0.116. The number of nitrogens with zero attached hydrogens (tertiary/aromatic N) is 3. The number of rotatable bonds is 3. The smallest absolute Gasteiger partial charge is 0.223 e. The number of hydrogen-bond acceptors (Lipinski definition) is 4. The molecule has 1 amide bonds. The van der Waals surface area contributed by atoms with Crippen LogP contribution < -0.4 is 10.2 Å². The van der Waals surface area contributed by atoms with E-state index in [9.17, 15) is 4.79 Å². The molecule has 0 aromatic carbocycles. The lowest BCUT2D eigenvalue weighted by Crippen LogP contribution is -2.45. The highest BCUT2D eigenvalue weighted by Gasteiger charge is 2.26. The second kappa shape index (κ2) is 5.79. The minimum Gasteiger partial charge on any atom is -0.356 e. The van der Waals surface area contributed by atoms with Gasteiger partial charge in [0.15, 0.2) is 0 Å². The Morgan fingerprint density at radius 2 is 2.15 bits per heavy atom. The minimum atomic E-state index is 0.116. The van der Waals surface area contributed by atoms with Gasteiger partial charge < -0.3 is 15.1 Å². The van der Waals surface area contributed by atoms with Gasteiger partial charge in [0.2, 0.25) is 5.91 Å². The molecule has 1 atom stereocenters. The molecule has 3 heterocycles. The highest BCUT2D eigenvalue weighted by molar-refractivity contribution is 5.81. The molecule has 0 bridgehead atoms. The summed E-state index contributed by atoms with van der Waals surface area (Å²) < 4.78 is 0. The third-order valence-corrected chi connectivity index (χ3v) is 4.30. The number of piperazine rings is 1. The van der Waals surface area contributed by atoms with Gasteiger partial charge in [-0.05, 0) is 31.5 Å². The molecule has 5 nitrogen and oxygen atoms in total. The third-order valence-electron chi connectivity index (χ3n) is 4.30. The molecular weight excluding hydrogens is 252 g/mol. The van der Waals surface area contributed by atoms with Crippen molar-refractivity contribution in [1.82, 2.24) is 15.2 Å². The van der Waals surface area contributed by atoms with Crippen molar-refractivity contribution in [3.63, 3.8) is 0 Å². The molecule has 0 aliphatic carbocycles. The highest BCUT2D eigenvalue weighted by Crippen LogP contribution is 2.24. The van der Waals surface area contributed by atoms with Crippen molar-refractivity contribution in [3.8, 4) is 0 Å². The highest BCUT2D eigenvalue weighted by atomic mass is 16.2. The summed E-state index contributed by atoms with van der Waals surface area (Å²) in [6, 6.07) is 4.09. The van der Waals surface area contributed by atoms with Crippen LogP contribution in [0.4, 0.5) is 5.82 Å². The fourth-order valence-corrected chi connectivity index (χ4v) is 3.00. The third kappa shape index (κ3) is 2.77. The Kier molecular flexibility index (Phi) is 3.87. The van der Waals surface area contributed by atoms with Gasteiger partial charge in [-0.1, -0.05) is 6.07 Å². The summed E-state index contributed by atoms with van der Waals surface area (Å²) in [5, 5.41) is 2.92. The van der Waals surface area contributed by atoms with E-state index in [4.69, 9.17) is 0 Å². The molecule has 1 unspecified atom stereocenters. The summed E-state index contributed by atoms with van der Waals surface area (Å²) in [6.07, 6.45) is 3.60. The number of amides is 1. The molecule has 1 aromatic rings. The average Bonchev–Trinajstić information content (AvgIpc) is 2.86.